The van der Waals surface area contributed by atoms with Gasteiger partial charge in [-0.05, 0) is 25.2 Å². The van der Waals surface area contributed by atoms with Crippen molar-refractivity contribution in [3.8, 4) is 0 Å². The predicted molar refractivity (Wildman–Crippen MR) is 47.7 cm³/mol. The van der Waals surface area contributed by atoms with E-state index in [9.17, 15) is 4.79 Å². The minimum absolute atomic E-state index is 0.353. The van der Waals surface area contributed by atoms with Crippen molar-refractivity contribution >= 4 is 5.91 Å². The second-order valence-corrected chi connectivity index (χ2v) is 3.73. The van der Waals surface area contributed by atoms with E-state index in [0.29, 0.717) is 17.9 Å². The van der Waals surface area contributed by atoms with Crippen molar-refractivity contribution in [1.29, 1.82) is 0 Å². The number of carbonyl (C=O) groups excluding carboxylic acids is 1. The standard InChI is InChI=1S/C10H15NO/c1-2-8-4-3-7-11-9(8)5-6-10(11)12/h2,8-9H,1,3-7H2/t8-,9+/m0/s1. The summed E-state index contributed by atoms with van der Waals surface area (Å²) in [5, 5.41) is 0. The zero-order chi connectivity index (χ0) is 8.55. The summed E-state index contributed by atoms with van der Waals surface area (Å²) in [7, 11) is 0. The fraction of sp³-hybridized carbons (Fsp3) is 0.700. The summed E-state index contributed by atoms with van der Waals surface area (Å²) in [6.45, 7) is 4.81. The first-order chi connectivity index (χ1) is 5.83. The molecule has 0 saturated carbocycles. The summed E-state index contributed by atoms with van der Waals surface area (Å²) in [4.78, 5) is 13.4. The van der Waals surface area contributed by atoms with Gasteiger partial charge >= 0.3 is 0 Å². The molecule has 2 aliphatic rings. The Kier molecular flexibility index (Phi) is 1.91. The number of rotatable bonds is 1. The van der Waals surface area contributed by atoms with Crippen LogP contribution in [0.3, 0.4) is 0 Å². The lowest BCUT2D eigenvalue weighted by Gasteiger charge is -2.35. The van der Waals surface area contributed by atoms with Gasteiger partial charge in [-0.3, -0.25) is 4.79 Å². The van der Waals surface area contributed by atoms with Gasteiger partial charge < -0.3 is 4.90 Å². The van der Waals surface area contributed by atoms with Crippen LogP contribution < -0.4 is 0 Å². The molecular formula is C10H15NO. The summed E-state index contributed by atoms with van der Waals surface area (Å²) in [5.74, 6) is 0.914. The van der Waals surface area contributed by atoms with E-state index >= 15 is 0 Å². The molecule has 0 aliphatic carbocycles. The van der Waals surface area contributed by atoms with Crippen LogP contribution in [0.15, 0.2) is 12.7 Å². The van der Waals surface area contributed by atoms with E-state index in [-0.39, 0.29) is 0 Å². The molecule has 2 heteroatoms. The lowest BCUT2D eigenvalue weighted by atomic mass is 9.89. The molecule has 1 amide bonds. The largest absolute Gasteiger partial charge is 0.339 e. The van der Waals surface area contributed by atoms with Crippen LogP contribution in [0.1, 0.15) is 25.7 Å². The lowest BCUT2D eigenvalue weighted by molar-refractivity contribution is -0.130. The smallest absolute Gasteiger partial charge is 0.222 e. The maximum absolute atomic E-state index is 11.4. The number of piperidine rings is 1. The highest BCUT2D eigenvalue weighted by Crippen LogP contribution is 2.32. The van der Waals surface area contributed by atoms with Crippen LogP contribution >= 0.6 is 0 Å². The van der Waals surface area contributed by atoms with Crippen molar-refractivity contribution in [2.45, 2.75) is 31.7 Å². The van der Waals surface area contributed by atoms with Gasteiger partial charge in [-0.1, -0.05) is 6.08 Å². The average Bonchev–Trinajstić information content (AvgIpc) is 2.48. The summed E-state index contributed by atoms with van der Waals surface area (Å²) in [6.07, 6.45) is 6.21. The molecule has 0 aromatic carbocycles. The molecule has 2 rings (SSSR count). The van der Waals surface area contributed by atoms with Crippen molar-refractivity contribution in [3.63, 3.8) is 0 Å². The summed E-state index contributed by atoms with van der Waals surface area (Å²) >= 11 is 0. The van der Waals surface area contributed by atoms with Gasteiger partial charge in [0, 0.05) is 19.0 Å². The van der Waals surface area contributed by atoms with Crippen molar-refractivity contribution in [2.24, 2.45) is 5.92 Å². The molecule has 2 aliphatic heterocycles. The SMILES string of the molecule is C=C[C@H]1CCCN2C(=O)CC[C@H]12. The van der Waals surface area contributed by atoms with Crippen LogP contribution in [0.5, 0.6) is 0 Å². The summed E-state index contributed by atoms with van der Waals surface area (Å²) in [5.41, 5.74) is 0. The second-order valence-electron chi connectivity index (χ2n) is 3.73. The summed E-state index contributed by atoms with van der Waals surface area (Å²) in [6, 6.07) is 0.490. The van der Waals surface area contributed by atoms with Crippen molar-refractivity contribution in [1.82, 2.24) is 4.90 Å². The first-order valence-corrected chi connectivity index (χ1v) is 4.75. The molecule has 2 atom stereocenters. The Labute approximate surface area is 73.2 Å². The Balaban J connectivity index is 2.14. The minimum Gasteiger partial charge on any atom is -0.339 e. The highest BCUT2D eigenvalue weighted by atomic mass is 16.2. The van der Waals surface area contributed by atoms with Gasteiger partial charge in [0.1, 0.15) is 0 Å². The lowest BCUT2D eigenvalue weighted by Crippen LogP contribution is -2.42. The first kappa shape index (κ1) is 7.84. The highest BCUT2D eigenvalue weighted by Gasteiger charge is 2.37. The zero-order valence-corrected chi connectivity index (χ0v) is 7.33. The molecule has 12 heavy (non-hydrogen) atoms. The number of hydrogen-bond acceptors (Lipinski definition) is 1. The molecule has 0 radical (unpaired) electrons. The molecule has 66 valence electrons. The molecule has 2 nitrogen and oxygen atoms in total. The third-order valence-corrected chi connectivity index (χ3v) is 3.11. The fourth-order valence-corrected chi connectivity index (χ4v) is 2.46. The Morgan fingerprint density at radius 1 is 1.50 bits per heavy atom. The van der Waals surface area contributed by atoms with E-state index in [2.05, 4.69) is 11.5 Å². The van der Waals surface area contributed by atoms with Crippen LogP contribution in [0.4, 0.5) is 0 Å². The van der Waals surface area contributed by atoms with Crippen molar-refractivity contribution in [2.75, 3.05) is 6.54 Å². The number of nitrogens with zero attached hydrogens (tertiary/aromatic N) is 1. The minimum atomic E-state index is 0.353. The van der Waals surface area contributed by atoms with E-state index in [0.717, 1.165) is 25.8 Å². The van der Waals surface area contributed by atoms with E-state index in [1.807, 2.05) is 6.08 Å². The third-order valence-electron chi connectivity index (χ3n) is 3.11. The van der Waals surface area contributed by atoms with E-state index in [4.69, 9.17) is 0 Å². The molecule has 0 spiro atoms. The van der Waals surface area contributed by atoms with Crippen LogP contribution in [0.2, 0.25) is 0 Å². The number of carbonyl (C=O) groups is 1. The molecule has 0 aromatic heterocycles. The third kappa shape index (κ3) is 1.06. The number of hydrogen-bond donors (Lipinski definition) is 0. The maximum Gasteiger partial charge on any atom is 0.222 e. The first-order valence-electron chi connectivity index (χ1n) is 4.75. The van der Waals surface area contributed by atoms with Gasteiger partial charge in [-0.25, -0.2) is 0 Å². The van der Waals surface area contributed by atoms with Crippen LogP contribution in [-0.2, 0) is 4.79 Å². The van der Waals surface area contributed by atoms with Crippen molar-refractivity contribution < 1.29 is 4.79 Å². The van der Waals surface area contributed by atoms with Gasteiger partial charge in [0.05, 0.1) is 0 Å². The Morgan fingerprint density at radius 2 is 2.33 bits per heavy atom. The average molecular weight is 165 g/mol. The predicted octanol–water partition coefficient (Wildman–Crippen LogP) is 1.57. The van der Waals surface area contributed by atoms with Crippen LogP contribution in [0.25, 0.3) is 0 Å². The molecule has 0 aromatic rings. The van der Waals surface area contributed by atoms with Gasteiger partial charge in [-0.2, -0.15) is 0 Å². The van der Waals surface area contributed by atoms with Crippen LogP contribution in [0, 0.1) is 5.92 Å². The second kappa shape index (κ2) is 2.92. The topological polar surface area (TPSA) is 20.3 Å². The quantitative estimate of drug-likeness (QED) is 0.540. The van der Waals surface area contributed by atoms with Crippen LogP contribution in [-0.4, -0.2) is 23.4 Å². The molecule has 0 unspecified atom stereocenters. The molecular weight excluding hydrogens is 150 g/mol. The van der Waals surface area contributed by atoms with E-state index in [1.165, 1.54) is 6.42 Å². The Hall–Kier alpha value is -0.790. The molecule has 0 N–H and O–H groups in total. The zero-order valence-electron chi connectivity index (χ0n) is 7.33. The van der Waals surface area contributed by atoms with Crippen molar-refractivity contribution in [3.05, 3.63) is 12.7 Å². The fourth-order valence-electron chi connectivity index (χ4n) is 2.46. The molecule has 0 bridgehead atoms. The van der Waals surface area contributed by atoms with Gasteiger partial charge in [0.25, 0.3) is 0 Å². The molecule has 2 fully saturated rings. The number of amides is 1. The molecule has 2 saturated heterocycles. The number of fused-ring (bicyclic) bond motifs is 1. The van der Waals surface area contributed by atoms with E-state index in [1.54, 1.807) is 0 Å². The summed E-state index contributed by atoms with van der Waals surface area (Å²) < 4.78 is 0. The van der Waals surface area contributed by atoms with Gasteiger partial charge in [0.2, 0.25) is 5.91 Å². The van der Waals surface area contributed by atoms with E-state index < -0.39 is 0 Å². The van der Waals surface area contributed by atoms with Gasteiger partial charge in [-0.15, -0.1) is 6.58 Å². The Bertz CT molecular complexity index is 212. The molecule has 2 heterocycles. The maximum atomic E-state index is 11.4. The normalized spacial score (nSPS) is 35.0. The highest BCUT2D eigenvalue weighted by molar-refractivity contribution is 5.79. The monoisotopic (exact) mass is 165 g/mol. The van der Waals surface area contributed by atoms with Gasteiger partial charge in [0.15, 0.2) is 0 Å². The Morgan fingerprint density at radius 3 is 3.08 bits per heavy atom.